The highest BCUT2D eigenvalue weighted by Gasteiger charge is 2.45. The standard InChI is InChI=1S/C38H28N10O4S4/c1-8-47-31(49)29(55-33(47)19(14-39)15-40)45-35-43-27-25(53-35)20-10-17-13-24-21(11-18(17)12-23(20)51-37(27,3)4)26-28(38(5,6)52-24)44-36(54-26)46-30-32(50)48(9-2)34(56-30)22(16-41)42-7/h10-13,17-18H,8-9H2,1-6H3/b34-22+,45-29?,46-30?. The van der Waals surface area contributed by atoms with Gasteiger partial charge in [0.15, 0.2) is 15.7 Å². The van der Waals surface area contributed by atoms with E-state index >= 15 is 0 Å². The molecule has 2 aromatic rings. The molecule has 6 aliphatic rings. The number of hydrogen-bond donors (Lipinski definition) is 0. The van der Waals surface area contributed by atoms with Gasteiger partial charge in [-0.05, 0) is 65.5 Å². The summed E-state index contributed by atoms with van der Waals surface area (Å²) in [5.74, 6) is 0.459. The first-order chi connectivity index (χ1) is 26.7. The molecule has 2 atom stereocenters. The molecule has 0 radical (unpaired) electrons. The van der Waals surface area contributed by atoms with Crippen molar-refractivity contribution in [3.8, 4) is 18.2 Å². The smallest absolute Gasteiger partial charge is 0.291 e. The van der Waals surface area contributed by atoms with Gasteiger partial charge in [0, 0.05) is 36.1 Å². The maximum atomic E-state index is 13.2. The number of fused-ring (bicyclic) bond motifs is 7. The summed E-state index contributed by atoms with van der Waals surface area (Å²) in [5, 5.41) is 29.9. The molecule has 0 spiro atoms. The van der Waals surface area contributed by atoms with Gasteiger partial charge in [-0.25, -0.2) is 30.1 Å². The van der Waals surface area contributed by atoms with Crippen LogP contribution >= 0.6 is 46.2 Å². The molecule has 18 heteroatoms. The van der Waals surface area contributed by atoms with Crippen LogP contribution in [0.1, 0.15) is 62.7 Å². The second-order valence-corrected chi connectivity index (χ2v) is 17.8. The molecule has 2 aromatic heterocycles. The molecule has 4 aliphatic heterocycles. The van der Waals surface area contributed by atoms with Crippen LogP contribution in [-0.4, -0.2) is 54.8 Å². The molecular formula is C38H28N10O4S4. The van der Waals surface area contributed by atoms with Crippen LogP contribution in [-0.2, 0) is 30.3 Å². The highest BCUT2D eigenvalue weighted by Crippen LogP contribution is 2.55. The van der Waals surface area contributed by atoms with E-state index in [1.165, 1.54) is 32.5 Å². The van der Waals surface area contributed by atoms with E-state index in [9.17, 15) is 25.4 Å². The number of thiazole rings is 2. The first-order valence-electron chi connectivity index (χ1n) is 17.3. The number of amides is 2. The van der Waals surface area contributed by atoms with Crippen molar-refractivity contribution < 1.29 is 19.1 Å². The molecule has 0 saturated carbocycles. The van der Waals surface area contributed by atoms with Gasteiger partial charge in [0.05, 0.1) is 22.4 Å². The van der Waals surface area contributed by atoms with Crippen LogP contribution in [0, 0.1) is 52.4 Å². The van der Waals surface area contributed by atoms with Gasteiger partial charge in [0.25, 0.3) is 17.5 Å². The Morgan fingerprint density at radius 1 is 0.786 bits per heavy atom. The van der Waals surface area contributed by atoms with E-state index in [0.29, 0.717) is 39.7 Å². The zero-order valence-electron chi connectivity index (χ0n) is 30.6. The number of carbonyl (C=O) groups excluding carboxylic acids is 2. The van der Waals surface area contributed by atoms with Gasteiger partial charge < -0.3 is 14.4 Å². The van der Waals surface area contributed by atoms with Crippen molar-refractivity contribution in [2.24, 2.45) is 21.8 Å². The minimum absolute atomic E-state index is 0.0879. The van der Waals surface area contributed by atoms with Crippen molar-refractivity contribution in [2.45, 2.75) is 52.7 Å². The highest BCUT2D eigenvalue weighted by molar-refractivity contribution is 8.20. The van der Waals surface area contributed by atoms with Crippen LogP contribution in [0.15, 0.2) is 67.1 Å². The number of allylic oxidation sites excluding steroid dienone is 8. The molecular weight excluding hydrogens is 789 g/mol. The average molecular weight is 817 g/mol. The molecule has 2 amide bonds. The Morgan fingerprint density at radius 3 is 1.64 bits per heavy atom. The summed E-state index contributed by atoms with van der Waals surface area (Å²) >= 11 is 4.71. The SMILES string of the molecule is [C-]#[N+]/C(C#N)=C1/SC(=Nc2nc3c(s2)C2=CC4C=C5OC(C)(C)c6nc(N=C7SC(=C(C#N)C#N)N(CC)C7=O)sc6C5=CC4C=C2OC3(C)C)C(=O)N1CC. The lowest BCUT2D eigenvalue weighted by atomic mass is 9.77. The zero-order chi connectivity index (χ0) is 39.8. The molecule has 2 saturated heterocycles. The van der Waals surface area contributed by atoms with Crippen LogP contribution in [0.3, 0.4) is 0 Å². The maximum absolute atomic E-state index is 13.2. The minimum atomic E-state index is -0.817. The summed E-state index contributed by atoms with van der Waals surface area (Å²) in [5.41, 5.74) is 1.19. The molecule has 56 heavy (non-hydrogen) atoms. The van der Waals surface area contributed by atoms with Gasteiger partial charge in [-0.2, -0.15) is 10.5 Å². The van der Waals surface area contributed by atoms with E-state index in [0.717, 1.165) is 44.4 Å². The third kappa shape index (κ3) is 5.80. The van der Waals surface area contributed by atoms with E-state index in [4.69, 9.17) is 26.0 Å². The van der Waals surface area contributed by atoms with Crippen LogP contribution in [0.5, 0.6) is 0 Å². The number of aliphatic imine (C=N–C) groups is 2. The molecule has 0 bridgehead atoms. The minimum Gasteiger partial charge on any atom is -0.481 e. The van der Waals surface area contributed by atoms with E-state index in [-0.39, 0.29) is 61.6 Å². The Balaban J connectivity index is 1.13. The number of aromatic nitrogens is 2. The first-order valence-corrected chi connectivity index (χ1v) is 20.5. The van der Waals surface area contributed by atoms with Crippen molar-refractivity contribution in [1.82, 2.24) is 19.8 Å². The molecule has 14 nitrogen and oxygen atoms in total. The Kier molecular flexibility index (Phi) is 8.94. The molecule has 278 valence electrons. The number of nitrogens with zero attached hydrogens (tertiary/aromatic N) is 10. The predicted molar refractivity (Wildman–Crippen MR) is 213 cm³/mol. The van der Waals surface area contributed by atoms with Gasteiger partial charge >= 0.3 is 0 Å². The Morgan fingerprint density at radius 2 is 1.23 bits per heavy atom. The van der Waals surface area contributed by atoms with Crippen LogP contribution in [0.25, 0.3) is 16.0 Å². The summed E-state index contributed by atoms with van der Waals surface area (Å²) in [6, 6.07) is 5.62. The van der Waals surface area contributed by atoms with Crippen LogP contribution < -0.4 is 0 Å². The maximum Gasteiger partial charge on any atom is 0.291 e. The lowest BCUT2D eigenvalue weighted by Crippen LogP contribution is -2.32. The quantitative estimate of drug-likeness (QED) is 0.217. The molecule has 0 aromatic carbocycles. The molecule has 8 rings (SSSR count). The predicted octanol–water partition coefficient (Wildman–Crippen LogP) is 7.75. The number of ether oxygens (including phenoxy) is 2. The third-order valence-electron chi connectivity index (χ3n) is 9.59. The lowest BCUT2D eigenvalue weighted by molar-refractivity contribution is -0.121. The van der Waals surface area contributed by atoms with Gasteiger partial charge in [-0.15, -0.1) is 0 Å². The highest BCUT2D eigenvalue weighted by atomic mass is 32.2. The zero-order valence-corrected chi connectivity index (χ0v) is 33.9. The third-order valence-corrected chi connectivity index (χ3v) is 13.7. The van der Waals surface area contributed by atoms with Crippen molar-refractivity contribution >= 4 is 89.5 Å². The average Bonchev–Trinajstić information content (AvgIpc) is 3.93. The summed E-state index contributed by atoms with van der Waals surface area (Å²) in [6.07, 6.45) is 8.49. The normalized spacial score (nSPS) is 24.7. The summed E-state index contributed by atoms with van der Waals surface area (Å²) in [6.45, 7) is 19.2. The van der Waals surface area contributed by atoms with Crippen LogP contribution in [0.2, 0.25) is 0 Å². The molecule has 2 aliphatic carbocycles. The van der Waals surface area contributed by atoms with Gasteiger partial charge in [-0.1, -0.05) is 46.6 Å². The Labute approximate surface area is 338 Å². The van der Waals surface area contributed by atoms with E-state index in [1.807, 2.05) is 45.9 Å². The Bertz CT molecular complexity index is 2430. The second kappa shape index (κ2) is 13.5. The number of hydrogen-bond acceptors (Lipinski definition) is 15. The number of nitriles is 3. The number of carbonyl (C=O) groups is 2. The summed E-state index contributed by atoms with van der Waals surface area (Å²) in [7, 11) is 0. The number of thioether (sulfide) groups is 2. The molecule has 2 fully saturated rings. The molecule has 6 heterocycles. The molecule has 2 unspecified atom stereocenters. The fourth-order valence-electron chi connectivity index (χ4n) is 7.00. The van der Waals surface area contributed by atoms with Gasteiger partial charge in [0.2, 0.25) is 10.3 Å². The van der Waals surface area contributed by atoms with Crippen molar-refractivity contribution in [3.05, 3.63) is 89.7 Å². The van der Waals surface area contributed by atoms with E-state index < -0.39 is 11.2 Å². The number of rotatable bonds is 4. The monoisotopic (exact) mass is 816 g/mol. The van der Waals surface area contributed by atoms with Crippen molar-refractivity contribution in [1.29, 1.82) is 15.8 Å². The van der Waals surface area contributed by atoms with Gasteiger partial charge in [0.1, 0.15) is 56.3 Å². The van der Waals surface area contributed by atoms with Gasteiger partial charge in [-0.3, -0.25) is 14.5 Å². The van der Waals surface area contributed by atoms with Crippen molar-refractivity contribution in [3.63, 3.8) is 0 Å². The largest absolute Gasteiger partial charge is 0.481 e. The van der Waals surface area contributed by atoms with E-state index in [2.05, 4.69) is 39.1 Å². The second-order valence-electron chi connectivity index (χ2n) is 13.9. The lowest BCUT2D eigenvalue weighted by Gasteiger charge is -2.39. The topological polar surface area (TPSA) is 185 Å². The Hall–Kier alpha value is -5.76. The van der Waals surface area contributed by atoms with Crippen LogP contribution in [0.4, 0.5) is 10.3 Å². The van der Waals surface area contributed by atoms with E-state index in [1.54, 1.807) is 13.8 Å². The summed E-state index contributed by atoms with van der Waals surface area (Å²) in [4.78, 5) is 53.2. The first kappa shape index (κ1) is 37.2. The fraction of sp³-hybridized carbons (Fsp3) is 0.316. The summed E-state index contributed by atoms with van der Waals surface area (Å²) < 4.78 is 13.2. The fourth-order valence-corrected chi connectivity index (χ4v) is 11.4. The van der Waals surface area contributed by atoms with Crippen molar-refractivity contribution in [2.75, 3.05) is 13.1 Å². The molecule has 0 N–H and O–H groups in total.